The fourth-order valence-corrected chi connectivity index (χ4v) is 5.26. The lowest BCUT2D eigenvalue weighted by Crippen LogP contribution is -2.52. The first-order chi connectivity index (χ1) is 12.1. The highest BCUT2D eigenvalue weighted by atomic mass is 19.1. The molecule has 2 heterocycles. The Morgan fingerprint density at radius 2 is 1.96 bits per heavy atom. The fraction of sp³-hybridized carbons (Fsp3) is 0.476. The van der Waals surface area contributed by atoms with Crippen LogP contribution < -0.4 is 0 Å². The topological polar surface area (TPSA) is 27.1 Å². The van der Waals surface area contributed by atoms with Gasteiger partial charge in [-0.1, -0.05) is 12.5 Å². The maximum absolute atomic E-state index is 13.3. The predicted molar refractivity (Wildman–Crippen MR) is 95.1 cm³/mol. The summed E-state index contributed by atoms with van der Waals surface area (Å²) in [5.41, 5.74) is 4.90. The van der Waals surface area contributed by atoms with Crippen molar-refractivity contribution >= 4 is 6.08 Å². The molecule has 130 valence electrons. The van der Waals surface area contributed by atoms with Crippen molar-refractivity contribution in [2.24, 2.45) is 5.41 Å². The number of aromatic nitrogens is 2. The van der Waals surface area contributed by atoms with Crippen LogP contribution in [0.3, 0.4) is 0 Å². The monoisotopic (exact) mass is 338 g/mol. The zero-order valence-electron chi connectivity index (χ0n) is 14.6. The fourth-order valence-electron chi connectivity index (χ4n) is 5.26. The van der Waals surface area contributed by atoms with Crippen LogP contribution in [0.4, 0.5) is 4.39 Å². The molecule has 1 saturated heterocycles. The van der Waals surface area contributed by atoms with Gasteiger partial charge in [0.05, 0.1) is 23.2 Å². The molecule has 1 saturated carbocycles. The van der Waals surface area contributed by atoms with Crippen molar-refractivity contribution in [3.05, 3.63) is 53.1 Å². The lowest BCUT2D eigenvalue weighted by atomic mass is 9.56. The molecule has 5 rings (SSSR count). The van der Waals surface area contributed by atoms with Crippen LogP contribution in [0.25, 0.3) is 11.8 Å². The standard InChI is InChI=1S/C21H23FN2O/c1-20-13-15-14-23-24(18-7-5-17(22)6-8-18)19(15)12-16(20)4-2-9-21(20)10-3-11-25-21/h5-8,12,14H,2-4,9-11,13H2,1H3/t20-,21+/m0/s1. The smallest absolute Gasteiger partial charge is 0.123 e. The molecular formula is C21H23FN2O. The Bertz CT molecular complexity index is 845. The van der Waals surface area contributed by atoms with Crippen LogP contribution in [-0.4, -0.2) is 22.0 Å². The molecule has 3 aliphatic rings. The van der Waals surface area contributed by atoms with Crippen LogP contribution >= 0.6 is 0 Å². The van der Waals surface area contributed by atoms with Crippen molar-refractivity contribution in [3.8, 4) is 5.69 Å². The van der Waals surface area contributed by atoms with E-state index in [1.54, 1.807) is 12.1 Å². The highest BCUT2D eigenvalue weighted by molar-refractivity contribution is 5.62. The summed E-state index contributed by atoms with van der Waals surface area (Å²) in [7, 11) is 0. The average Bonchev–Trinajstić information content (AvgIpc) is 3.23. The maximum atomic E-state index is 13.3. The molecule has 0 N–H and O–H groups in total. The van der Waals surface area contributed by atoms with E-state index in [4.69, 9.17) is 4.74 Å². The van der Waals surface area contributed by atoms with Crippen LogP contribution in [-0.2, 0) is 11.2 Å². The quantitative estimate of drug-likeness (QED) is 0.754. The molecular weight excluding hydrogens is 315 g/mol. The summed E-state index contributed by atoms with van der Waals surface area (Å²) in [4.78, 5) is 0. The van der Waals surface area contributed by atoms with E-state index in [9.17, 15) is 4.39 Å². The molecule has 2 aromatic rings. The molecule has 1 spiro atoms. The third kappa shape index (κ3) is 2.10. The number of hydrogen-bond acceptors (Lipinski definition) is 2. The molecule has 2 fully saturated rings. The van der Waals surface area contributed by atoms with Crippen molar-refractivity contribution in [1.29, 1.82) is 0 Å². The van der Waals surface area contributed by atoms with E-state index in [2.05, 4.69) is 18.1 Å². The van der Waals surface area contributed by atoms with Crippen LogP contribution in [0.1, 0.15) is 50.3 Å². The molecule has 1 aliphatic heterocycles. The minimum absolute atomic E-state index is 0.00670. The van der Waals surface area contributed by atoms with Crippen molar-refractivity contribution in [2.75, 3.05) is 6.61 Å². The Balaban J connectivity index is 1.60. The molecule has 2 aliphatic carbocycles. The van der Waals surface area contributed by atoms with Gasteiger partial charge in [-0.15, -0.1) is 0 Å². The van der Waals surface area contributed by atoms with Gasteiger partial charge in [0.15, 0.2) is 0 Å². The van der Waals surface area contributed by atoms with E-state index in [1.807, 2.05) is 10.9 Å². The Morgan fingerprint density at radius 3 is 2.72 bits per heavy atom. The second-order valence-electron chi connectivity index (χ2n) is 7.92. The first-order valence-corrected chi connectivity index (χ1v) is 9.29. The van der Waals surface area contributed by atoms with Crippen molar-refractivity contribution in [1.82, 2.24) is 9.78 Å². The van der Waals surface area contributed by atoms with E-state index in [1.165, 1.54) is 49.0 Å². The molecule has 25 heavy (non-hydrogen) atoms. The van der Waals surface area contributed by atoms with Gasteiger partial charge < -0.3 is 4.74 Å². The van der Waals surface area contributed by atoms with Gasteiger partial charge in [0.25, 0.3) is 0 Å². The largest absolute Gasteiger partial charge is 0.374 e. The Hall–Kier alpha value is -1.94. The molecule has 0 bridgehead atoms. The Morgan fingerprint density at radius 1 is 1.16 bits per heavy atom. The Kier molecular flexibility index (Phi) is 3.23. The maximum Gasteiger partial charge on any atom is 0.123 e. The number of ether oxygens (including phenoxy) is 1. The normalized spacial score (nSPS) is 30.9. The van der Waals surface area contributed by atoms with Crippen LogP contribution in [0.2, 0.25) is 0 Å². The number of halogens is 1. The SMILES string of the molecule is C[C@]12Cc3cnn(-c4ccc(F)cc4)c3C=C1CCC[C@@]21CCCO1. The number of hydrogen-bond donors (Lipinski definition) is 0. The number of fused-ring (bicyclic) bond motifs is 3. The van der Waals surface area contributed by atoms with Crippen LogP contribution in [0, 0.1) is 11.2 Å². The van der Waals surface area contributed by atoms with Crippen molar-refractivity contribution in [2.45, 2.75) is 51.0 Å². The summed E-state index contributed by atoms with van der Waals surface area (Å²) in [6.07, 6.45) is 11.1. The lowest BCUT2D eigenvalue weighted by Gasteiger charge is -2.52. The van der Waals surface area contributed by atoms with E-state index in [0.29, 0.717) is 0 Å². The summed E-state index contributed by atoms with van der Waals surface area (Å²) < 4.78 is 21.6. The molecule has 0 amide bonds. The van der Waals surface area contributed by atoms with E-state index in [0.717, 1.165) is 30.8 Å². The average molecular weight is 338 g/mol. The number of nitrogens with zero attached hydrogens (tertiary/aromatic N) is 2. The molecule has 3 nitrogen and oxygen atoms in total. The number of benzene rings is 1. The summed E-state index contributed by atoms with van der Waals surface area (Å²) in [5.74, 6) is -0.219. The zero-order valence-corrected chi connectivity index (χ0v) is 14.6. The molecule has 0 unspecified atom stereocenters. The first kappa shape index (κ1) is 15.3. The van der Waals surface area contributed by atoms with Gasteiger partial charge in [0.2, 0.25) is 0 Å². The molecule has 1 aromatic heterocycles. The second kappa shape index (κ2) is 5.28. The summed E-state index contributed by atoms with van der Waals surface area (Å²) in [6.45, 7) is 3.28. The van der Waals surface area contributed by atoms with Crippen LogP contribution in [0.15, 0.2) is 36.0 Å². The summed E-state index contributed by atoms with van der Waals surface area (Å²) in [6, 6.07) is 6.56. The van der Waals surface area contributed by atoms with Gasteiger partial charge in [-0.25, -0.2) is 9.07 Å². The predicted octanol–water partition coefficient (Wildman–Crippen LogP) is 4.69. The van der Waals surface area contributed by atoms with Gasteiger partial charge in [-0.3, -0.25) is 0 Å². The van der Waals surface area contributed by atoms with Crippen molar-refractivity contribution in [3.63, 3.8) is 0 Å². The molecule has 0 radical (unpaired) electrons. The molecule has 1 aromatic carbocycles. The first-order valence-electron chi connectivity index (χ1n) is 9.29. The van der Waals surface area contributed by atoms with E-state index < -0.39 is 0 Å². The van der Waals surface area contributed by atoms with Crippen LogP contribution in [0.5, 0.6) is 0 Å². The number of rotatable bonds is 1. The zero-order chi connectivity index (χ0) is 17.1. The minimum atomic E-state index is -0.219. The van der Waals surface area contributed by atoms with E-state index >= 15 is 0 Å². The second-order valence-corrected chi connectivity index (χ2v) is 7.92. The Labute approximate surface area is 147 Å². The lowest BCUT2D eigenvalue weighted by molar-refractivity contribution is -0.0952. The highest BCUT2D eigenvalue weighted by Gasteiger charge is 2.55. The van der Waals surface area contributed by atoms with Gasteiger partial charge in [0, 0.05) is 12.0 Å². The van der Waals surface area contributed by atoms with Gasteiger partial charge in [0.1, 0.15) is 5.82 Å². The van der Waals surface area contributed by atoms with Gasteiger partial charge in [-0.05, 0) is 74.4 Å². The highest BCUT2D eigenvalue weighted by Crippen LogP contribution is 2.58. The minimum Gasteiger partial charge on any atom is -0.374 e. The van der Waals surface area contributed by atoms with Gasteiger partial charge in [-0.2, -0.15) is 5.10 Å². The summed E-state index contributed by atoms with van der Waals surface area (Å²) in [5, 5.41) is 4.61. The van der Waals surface area contributed by atoms with Gasteiger partial charge >= 0.3 is 0 Å². The summed E-state index contributed by atoms with van der Waals surface area (Å²) >= 11 is 0. The van der Waals surface area contributed by atoms with E-state index in [-0.39, 0.29) is 16.8 Å². The molecule has 4 heteroatoms. The van der Waals surface area contributed by atoms with Crippen molar-refractivity contribution < 1.29 is 9.13 Å². The third-order valence-electron chi connectivity index (χ3n) is 6.66. The molecule has 2 atom stereocenters. The third-order valence-corrected chi connectivity index (χ3v) is 6.66.